The van der Waals surface area contributed by atoms with Crippen LogP contribution in [0.2, 0.25) is 0 Å². The first-order valence-electron chi connectivity index (χ1n) is 7.79. The minimum Gasteiger partial charge on any atom is -0.306 e. The van der Waals surface area contributed by atoms with Crippen LogP contribution in [0, 0.1) is 11.3 Å². The van der Waals surface area contributed by atoms with Crippen molar-refractivity contribution in [1.29, 1.82) is 5.26 Å². The second-order valence-corrected chi connectivity index (χ2v) is 5.81. The van der Waals surface area contributed by atoms with E-state index in [1.165, 1.54) is 0 Å². The van der Waals surface area contributed by atoms with Crippen molar-refractivity contribution in [2.24, 2.45) is 0 Å². The summed E-state index contributed by atoms with van der Waals surface area (Å²) in [6.07, 6.45) is 1.72. The van der Waals surface area contributed by atoms with Crippen LogP contribution in [0.25, 0.3) is 10.9 Å². The molecule has 0 saturated heterocycles. The average Bonchev–Trinajstić information content (AvgIpc) is 2.61. The first-order valence-corrected chi connectivity index (χ1v) is 7.79. The molecule has 0 aliphatic rings. The maximum Gasteiger partial charge on any atom is 0.259 e. The molecular weight excluding hydrogens is 298 g/mol. The van der Waals surface area contributed by atoms with Crippen LogP contribution in [-0.4, -0.2) is 16.9 Å². The number of amides is 1. The number of fused-ring (bicyclic) bond motifs is 1. The van der Waals surface area contributed by atoms with Gasteiger partial charge in [0.2, 0.25) is 0 Å². The van der Waals surface area contributed by atoms with Crippen LogP contribution < -0.4 is 4.90 Å². The molecule has 0 radical (unpaired) electrons. The summed E-state index contributed by atoms with van der Waals surface area (Å²) in [5.74, 6) is -0.0984. The Bertz CT molecular complexity index is 936. The third-order valence-corrected chi connectivity index (χ3v) is 3.86. The Balaban J connectivity index is 2.12. The van der Waals surface area contributed by atoms with Gasteiger partial charge < -0.3 is 4.90 Å². The number of hydrogen-bond acceptors (Lipinski definition) is 3. The van der Waals surface area contributed by atoms with E-state index in [9.17, 15) is 4.79 Å². The van der Waals surface area contributed by atoms with Crippen molar-refractivity contribution in [3.63, 3.8) is 0 Å². The van der Waals surface area contributed by atoms with Gasteiger partial charge in [0.15, 0.2) is 0 Å². The minimum atomic E-state index is -0.0984. The smallest absolute Gasteiger partial charge is 0.259 e. The number of carbonyl (C=O) groups is 1. The monoisotopic (exact) mass is 315 g/mol. The molecular formula is C20H17N3O. The second kappa shape index (κ2) is 6.51. The highest BCUT2D eigenvalue weighted by Gasteiger charge is 2.22. The van der Waals surface area contributed by atoms with Gasteiger partial charge in [-0.25, -0.2) is 0 Å². The summed E-state index contributed by atoms with van der Waals surface area (Å²) in [6, 6.07) is 18.5. The molecule has 118 valence electrons. The molecule has 3 rings (SSSR count). The number of hydrogen-bond donors (Lipinski definition) is 0. The molecule has 0 atom stereocenters. The van der Waals surface area contributed by atoms with E-state index in [1.807, 2.05) is 50.2 Å². The van der Waals surface area contributed by atoms with Crippen molar-refractivity contribution in [2.75, 3.05) is 4.90 Å². The molecule has 3 aromatic rings. The Kier molecular flexibility index (Phi) is 4.26. The van der Waals surface area contributed by atoms with Gasteiger partial charge >= 0.3 is 0 Å². The molecule has 1 aromatic heterocycles. The van der Waals surface area contributed by atoms with Gasteiger partial charge in [0.05, 0.1) is 17.1 Å². The maximum atomic E-state index is 13.2. The van der Waals surface area contributed by atoms with Gasteiger partial charge in [-0.2, -0.15) is 5.26 Å². The fraction of sp³-hybridized carbons (Fsp3) is 0.150. The number of nitrogens with zero attached hydrogens (tertiary/aromatic N) is 3. The summed E-state index contributed by atoms with van der Waals surface area (Å²) in [4.78, 5) is 19.2. The van der Waals surface area contributed by atoms with Gasteiger partial charge in [-0.3, -0.25) is 9.78 Å². The molecule has 4 heteroatoms. The predicted octanol–water partition coefficient (Wildman–Crippen LogP) is 4.16. The van der Waals surface area contributed by atoms with Crippen LogP contribution in [0.1, 0.15) is 29.8 Å². The number of aromatic nitrogens is 1. The van der Waals surface area contributed by atoms with E-state index in [2.05, 4.69) is 11.1 Å². The third kappa shape index (κ3) is 2.84. The van der Waals surface area contributed by atoms with Crippen molar-refractivity contribution in [2.45, 2.75) is 19.9 Å². The van der Waals surface area contributed by atoms with E-state index in [-0.39, 0.29) is 11.9 Å². The number of pyridine rings is 1. The molecule has 24 heavy (non-hydrogen) atoms. The highest BCUT2D eigenvalue weighted by atomic mass is 16.2. The lowest BCUT2D eigenvalue weighted by atomic mass is 10.1. The third-order valence-electron chi connectivity index (χ3n) is 3.86. The molecule has 0 spiro atoms. The fourth-order valence-corrected chi connectivity index (χ4v) is 2.79. The Hall–Kier alpha value is -3.19. The van der Waals surface area contributed by atoms with Crippen molar-refractivity contribution in [3.05, 3.63) is 71.9 Å². The summed E-state index contributed by atoms with van der Waals surface area (Å²) in [5.41, 5.74) is 2.65. The lowest BCUT2D eigenvalue weighted by molar-refractivity contribution is 0.0982. The minimum absolute atomic E-state index is 0.0432. The molecule has 0 saturated carbocycles. The Labute approximate surface area is 141 Å². The predicted molar refractivity (Wildman–Crippen MR) is 94.8 cm³/mol. The zero-order chi connectivity index (χ0) is 17.1. The van der Waals surface area contributed by atoms with Crippen LogP contribution in [0.3, 0.4) is 0 Å². The zero-order valence-electron chi connectivity index (χ0n) is 13.6. The van der Waals surface area contributed by atoms with Crippen LogP contribution in [0.5, 0.6) is 0 Å². The Morgan fingerprint density at radius 1 is 1.12 bits per heavy atom. The molecule has 0 aliphatic heterocycles. The average molecular weight is 315 g/mol. The quantitative estimate of drug-likeness (QED) is 0.729. The van der Waals surface area contributed by atoms with Gasteiger partial charge in [0.1, 0.15) is 0 Å². The fourth-order valence-electron chi connectivity index (χ4n) is 2.79. The number of benzene rings is 2. The van der Waals surface area contributed by atoms with Crippen molar-refractivity contribution in [1.82, 2.24) is 4.98 Å². The van der Waals surface area contributed by atoms with E-state index in [1.54, 1.807) is 29.3 Å². The zero-order valence-corrected chi connectivity index (χ0v) is 13.6. The summed E-state index contributed by atoms with van der Waals surface area (Å²) in [7, 11) is 0. The van der Waals surface area contributed by atoms with E-state index in [0.29, 0.717) is 11.1 Å². The van der Waals surface area contributed by atoms with Crippen LogP contribution in [-0.2, 0) is 0 Å². The van der Waals surface area contributed by atoms with Gasteiger partial charge in [0, 0.05) is 28.9 Å². The molecule has 0 fully saturated rings. The Morgan fingerprint density at radius 3 is 2.67 bits per heavy atom. The number of nitriles is 1. The molecule has 4 nitrogen and oxygen atoms in total. The largest absolute Gasteiger partial charge is 0.306 e. The lowest BCUT2D eigenvalue weighted by Gasteiger charge is -2.27. The first-order chi connectivity index (χ1) is 11.6. The topological polar surface area (TPSA) is 57.0 Å². The number of anilines is 1. The van der Waals surface area contributed by atoms with Gasteiger partial charge in [-0.05, 0) is 50.2 Å². The van der Waals surface area contributed by atoms with Gasteiger partial charge in [-0.15, -0.1) is 0 Å². The molecule has 0 bridgehead atoms. The SMILES string of the molecule is CC(C)N(C(=O)c1cccc2ncccc12)c1cccc(C#N)c1. The van der Waals surface area contributed by atoms with Crippen LogP contribution >= 0.6 is 0 Å². The molecule has 1 heterocycles. The standard InChI is InChI=1S/C20H17N3O/c1-14(2)23(16-7-3-6-15(12-16)13-21)20(24)18-8-4-10-19-17(18)9-5-11-22-19/h3-12,14H,1-2H3. The van der Waals surface area contributed by atoms with Crippen molar-refractivity contribution in [3.8, 4) is 6.07 Å². The van der Waals surface area contributed by atoms with E-state index in [0.717, 1.165) is 16.6 Å². The molecule has 0 unspecified atom stereocenters. The number of carbonyl (C=O) groups excluding carboxylic acids is 1. The van der Waals surface area contributed by atoms with E-state index in [4.69, 9.17) is 5.26 Å². The summed E-state index contributed by atoms with van der Waals surface area (Å²) < 4.78 is 0. The maximum absolute atomic E-state index is 13.2. The highest BCUT2D eigenvalue weighted by Crippen LogP contribution is 2.24. The van der Waals surface area contributed by atoms with Gasteiger partial charge in [0.25, 0.3) is 5.91 Å². The van der Waals surface area contributed by atoms with Crippen LogP contribution in [0.15, 0.2) is 60.8 Å². The molecule has 0 aliphatic carbocycles. The van der Waals surface area contributed by atoms with Crippen molar-refractivity contribution >= 4 is 22.5 Å². The van der Waals surface area contributed by atoms with Gasteiger partial charge in [-0.1, -0.05) is 18.2 Å². The molecule has 2 aromatic carbocycles. The van der Waals surface area contributed by atoms with Crippen molar-refractivity contribution < 1.29 is 4.79 Å². The van der Waals surface area contributed by atoms with E-state index >= 15 is 0 Å². The second-order valence-electron chi connectivity index (χ2n) is 5.81. The molecule has 0 N–H and O–H groups in total. The highest BCUT2D eigenvalue weighted by molar-refractivity contribution is 6.13. The summed E-state index contributed by atoms with van der Waals surface area (Å²) >= 11 is 0. The lowest BCUT2D eigenvalue weighted by Crippen LogP contribution is -2.37. The summed E-state index contributed by atoms with van der Waals surface area (Å²) in [5, 5.41) is 9.94. The normalized spacial score (nSPS) is 10.6. The molecule has 1 amide bonds. The first kappa shape index (κ1) is 15.7. The Morgan fingerprint density at radius 2 is 1.92 bits per heavy atom. The summed E-state index contributed by atoms with van der Waals surface area (Å²) in [6.45, 7) is 3.92. The van der Waals surface area contributed by atoms with E-state index < -0.39 is 0 Å². The number of rotatable bonds is 3. The van der Waals surface area contributed by atoms with Crippen LogP contribution in [0.4, 0.5) is 5.69 Å².